The maximum absolute atomic E-state index is 13.0. The second kappa shape index (κ2) is 12.3. The van der Waals surface area contributed by atoms with E-state index in [-0.39, 0.29) is 23.7 Å². The molecular formula is C26H39N3O5. The molecule has 34 heavy (non-hydrogen) atoms. The number of carbonyl (C=O) groups is 2. The zero-order valence-corrected chi connectivity index (χ0v) is 21.2. The molecule has 0 N–H and O–H groups in total. The summed E-state index contributed by atoms with van der Waals surface area (Å²) in [6.45, 7) is 13.1. The molecule has 1 unspecified atom stereocenters. The molecule has 8 heteroatoms. The highest BCUT2D eigenvalue weighted by Crippen LogP contribution is 2.34. The number of ether oxygens (including phenoxy) is 3. The zero-order valence-electron chi connectivity index (χ0n) is 21.2. The van der Waals surface area contributed by atoms with E-state index in [4.69, 9.17) is 14.2 Å². The van der Waals surface area contributed by atoms with Crippen molar-refractivity contribution in [3.8, 4) is 11.5 Å². The van der Waals surface area contributed by atoms with Crippen LogP contribution in [-0.4, -0.2) is 106 Å². The van der Waals surface area contributed by atoms with Gasteiger partial charge < -0.3 is 24.0 Å². The first kappa shape index (κ1) is 26.2. The van der Waals surface area contributed by atoms with Gasteiger partial charge in [0.25, 0.3) is 0 Å². The molecule has 0 saturated carbocycles. The van der Waals surface area contributed by atoms with Gasteiger partial charge in [-0.2, -0.15) is 0 Å². The number of carbonyl (C=O) groups excluding carboxylic acids is 2. The highest BCUT2D eigenvalue weighted by atomic mass is 16.5. The number of allylic oxidation sites excluding steroid dienone is 1. The van der Waals surface area contributed by atoms with Crippen LogP contribution in [0.3, 0.4) is 0 Å². The number of methoxy groups -OCH3 is 1. The molecule has 0 spiro atoms. The summed E-state index contributed by atoms with van der Waals surface area (Å²) in [5, 5.41) is 0. The van der Waals surface area contributed by atoms with Crippen LogP contribution >= 0.6 is 0 Å². The maximum atomic E-state index is 13.0. The topological polar surface area (TPSA) is 71.5 Å². The molecule has 1 atom stereocenters. The van der Waals surface area contributed by atoms with E-state index >= 15 is 0 Å². The Morgan fingerprint density at radius 2 is 1.85 bits per heavy atom. The van der Waals surface area contributed by atoms with Gasteiger partial charge in [-0.25, -0.2) is 0 Å². The van der Waals surface area contributed by atoms with Crippen LogP contribution in [-0.2, 0) is 9.53 Å². The number of morpholine rings is 1. The van der Waals surface area contributed by atoms with Crippen LogP contribution in [0.25, 0.3) is 0 Å². The quantitative estimate of drug-likeness (QED) is 0.403. The third kappa shape index (κ3) is 6.81. The highest BCUT2D eigenvalue weighted by molar-refractivity contribution is 6.09. The maximum Gasteiger partial charge on any atom is 0.246 e. The smallest absolute Gasteiger partial charge is 0.246 e. The fourth-order valence-corrected chi connectivity index (χ4v) is 4.36. The van der Waals surface area contributed by atoms with Crippen molar-refractivity contribution in [1.82, 2.24) is 14.7 Å². The van der Waals surface area contributed by atoms with E-state index in [9.17, 15) is 9.59 Å². The van der Waals surface area contributed by atoms with Crippen molar-refractivity contribution in [2.45, 2.75) is 32.8 Å². The van der Waals surface area contributed by atoms with E-state index in [1.54, 1.807) is 11.0 Å². The Bertz CT molecular complexity index is 877. The molecule has 0 radical (unpaired) electrons. The number of likely N-dealkylation sites (N-methyl/N-ethyl adjacent to an activating group) is 1. The molecule has 0 aromatic heterocycles. The molecule has 2 fully saturated rings. The molecule has 0 aliphatic carbocycles. The molecule has 8 nitrogen and oxygen atoms in total. The number of amides is 1. The van der Waals surface area contributed by atoms with Crippen LogP contribution in [0.5, 0.6) is 11.5 Å². The van der Waals surface area contributed by atoms with Crippen LogP contribution < -0.4 is 9.47 Å². The van der Waals surface area contributed by atoms with Crippen molar-refractivity contribution in [3.63, 3.8) is 0 Å². The molecule has 3 rings (SSSR count). The average molecular weight is 474 g/mol. The second-order valence-electron chi connectivity index (χ2n) is 9.26. The van der Waals surface area contributed by atoms with Gasteiger partial charge in [0.2, 0.25) is 5.91 Å². The number of piperazine rings is 1. The number of nitrogens with zero attached hydrogens (tertiary/aromatic N) is 3. The van der Waals surface area contributed by atoms with Crippen LogP contribution in [0, 0.1) is 0 Å². The Balaban J connectivity index is 1.64. The number of rotatable bonds is 9. The Morgan fingerprint density at radius 1 is 1.12 bits per heavy atom. The van der Waals surface area contributed by atoms with Crippen LogP contribution in [0.4, 0.5) is 0 Å². The standard InChI is InChI=1S/C26H39N3O5/c1-6-33-25-16-24(32-5)22(15-21(25)19(2)3)23(30)7-8-26(31)29-13-14-34-20(18-29)17-28-11-9-27(4)10-12-28/h7-8,15-16,19-20H,6,9-14,17-18H2,1-5H3. The molecule has 188 valence electrons. The van der Waals surface area contributed by atoms with Crippen LogP contribution in [0.15, 0.2) is 24.3 Å². The first-order valence-electron chi connectivity index (χ1n) is 12.2. The molecule has 1 aromatic carbocycles. The normalized spacial score (nSPS) is 20.2. The number of benzene rings is 1. The van der Waals surface area contributed by atoms with E-state index in [0.717, 1.165) is 38.3 Å². The predicted octanol–water partition coefficient (Wildman–Crippen LogP) is 2.43. The summed E-state index contributed by atoms with van der Waals surface area (Å²) < 4.78 is 17.1. The van der Waals surface area contributed by atoms with Gasteiger partial charge in [-0.05, 0) is 37.6 Å². The minimum Gasteiger partial charge on any atom is -0.496 e. The van der Waals surface area contributed by atoms with Crippen LogP contribution in [0.1, 0.15) is 42.6 Å². The lowest BCUT2D eigenvalue weighted by Crippen LogP contribution is -2.52. The molecule has 2 aliphatic heterocycles. The molecule has 2 heterocycles. The summed E-state index contributed by atoms with van der Waals surface area (Å²) in [6.07, 6.45) is 2.70. The van der Waals surface area contributed by atoms with Crippen molar-refractivity contribution >= 4 is 11.7 Å². The van der Waals surface area contributed by atoms with E-state index in [1.807, 2.05) is 13.0 Å². The summed E-state index contributed by atoms with van der Waals surface area (Å²) in [4.78, 5) is 32.3. The summed E-state index contributed by atoms with van der Waals surface area (Å²) in [5.41, 5.74) is 1.36. The van der Waals surface area contributed by atoms with Crippen LogP contribution in [0.2, 0.25) is 0 Å². The van der Waals surface area contributed by atoms with Gasteiger partial charge in [0.15, 0.2) is 5.78 Å². The Hall–Kier alpha value is -2.42. The van der Waals surface area contributed by atoms with E-state index in [2.05, 4.69) is 30.7 Å². The first-order chi connectivity index (χ1) is 16.3. The van der Waals surface area contributed by atoms with E-state index in [1.165, 1.54) is 19.3 Å². The Kier molecular flexibility index (Phi) is 9.50. The number of hydrogen-bond acceptors (Lipinski definition) is 7. The van der Waals surface area contributed by atoms with Crippen molar-refractivity contribution in [1.29, 1.82) is 0 Å². The molecule has 1 amide bonds. The minimum atomic E-state index is -0.266. The van der Waals surface area contributed by atoms with Gasteiger partial charge in [-0.15, -0.1) is 0 Å². The number of ketones is 1. The Labute approximate surface area is 203 Å². The molecule has 2 saturated heterocycles. The Morgan fingerprint density at radius 3 is 2.50 bits per heavy atom. The fraction of sp³-hybridized carbons (Fsp3) is 0.615. The monoisotopic (exact) mass is 473 g/mol. The predicted molar refractivity (Wildman–Crippen MR) is 132 cm³/mol. The summed E-state index contributed by atoms with van der Waals surface area (Å²) in [7, 11) is 3.66. The van der Waals surface area contributed by atoms with Gasteiger partial charge in [0.05, 0.1) is 32.0 Å². The second-order valence-corrected chi connectivity index (χ2v) is 9.26. The molecule has 0 bridgehead atoms. The third-order valence-electron chi connectivity index (χ3n) is 6.40. The zero-order chi connectivity index (χ0) is 24.7. The molecule has 1 aromatic rings. The van der Waals surface area contributed by atoms with E-state index in [0.29, 0.717) is 43.4 Å². The highest BCUT2D eigenvalue weighted by Gasteiger charge is 2.26. The molecule has 2 aliphatic rings. The largest absolute Gasteiger partial charge is 0.496 e. The van der Waals surface area contributed by atoms with Crippen molar-refractivity contribution in [2.75, 3.05) is 73.2 Å². The lowest BCUT2D eigenvalue weighted by molar-refractivity contribution is -0.134. The van der Waals surface area contributed by atoms with Crippen molar-refractivity contribution in [3.05, 3.63) is 35.4 Å². The van der Waals surface area contributed by atoms with Gasteiger partial charge >= 0.3 is 0 Å². The minimum absolute atomic E-state index is 0.00925. The summed E-state index contributed by atoms with van der Waals surface area (Å²) in [6, 6.07) is 3.57. The summed E-state index contributed by atoms with van der Waals surface area (Å²) >= 11 is 0. The SMILES string of the molecule is CCOc1cc(OC)c(C(=O)C=CC(=O)N2CCOC(CN3CCN(C)CC3)C2)cc1C(C)C. The van der Waals surface area contributed by atoms with Crippen molar-refractivity contribution in [2.24, 2.45) is 0 Å². The number of hydrogen-bond donors (Lipinski definition) is 0. The first-order valence-corrected chi connectivity index (χ1v) is 12.2. The summed E-state index contributed by atoms with van der Waals surface area (Å²) in [5.74, 6) is 0.890. The van der Waals surface area contributed by atoms with Gasteiger partial charge in [-0.1, -0.05) is 13.8 Å². The lowest BCUT2D eigenvalue weighted by Gasteiger charge is -2.38. The molecular weight excluding hydrogens is 434 g/mol. The average Bonchev–Trinajstić information content (AvgIpc) is 2.83. The van der Waals surface area contributed by atoms with Gasteiger partial charge in [-0.3, -0.25) is 14.5 Å². The van der Waals surface area contributed by atoms with Gasteiger partial charge in [0.1, 0.15) is 11.5 Å². The third-order valence-corrected chi connectivity index (χ3v) is 6.40. The lowest BCUT2D eigenvalue weighted by atomic mass is 9.97. The fourth-order valence-electron chi connectivity index (χ4n) is 4.36. The van der Waals surface area contributed by atoms with Gasteiger partial charge in [0, 0.05) is 58.0 Å². The van der Waals surface area contributed by atoms with Crippen molar-refractivity contribution < 1.29 is 23.8 Å². The van der Waals surface area contributed by atoms with E-state index < -0.39 is 0 Å².